The molecule has 0 saturated heterocycles. The number of carbonyl (C=O) groups excluding carboxylic acids is 1. The van der Waals surface area contributed by atoms with Crippen LogP contribution in [0.3, 0.4) is 0 Å². The van der Waals surface area contributed by atoms with Gasteiger partial charge in [-0.15, -0.1) is 0 Å². The molecule has 1 atom stereocenters. The monoisotopic (exact) mass is 455 g/mol. The number of ether oxygens (including phenoxy) is 1. The first-order chi connectivity index (χ1) is 14.6. The van der Waals surface area contributed by atoms with E-state index in [1.54, 1.807) is 24.3 Å². The molecule has 0 bridgehead atoms. The van der Waals surface area contributed by atoms with Crippen molar-refractivity contribution in [2.24, 2.45) is 10.8 Å². The van der Waals surface area contributed by atoms with Crippen molar-refractivity contribution in [1.29, 1.82) is 0 Å². The molecule has 2 heterocycles. The molecule has 1 amide bonds. The summed E-state index contributed by atoms with van der Waals surface area (Å²) in [5.41, 5.74) is 4.26. The van der Waals surface area contributed by atoms with Crippen LogP contribution in [0.4, 0.5) is 17.6 Å². The number of nitrogens with zero attached hydrogens (tertiary/aromatic N) is 2. The average Bonchev–Trinajstić information content (AvgIpc) is 3.08. The van der Waals surface area contributed by atoms with Crippen molar-refractivity contribution in [2.45, 2.75) is 31.3 Å². The summed E-state index contributed by atoms with van der Waals surface area (Å²) in [7, 11) is 0. The zero-order chi connectivity index (χ0) is 22.8. The predicted molar refractivity (Wildman–Crippen MR) is 111 cm³/mol. The molecule has 2 aromatic carbocycles. The highest BCUT2D eigenvalue weighted by molar-refractivity contribution is 8.15. The SMILES string of the molecule is CC(=O)N1N=C(c2cc(C(F)(F)F)ccc2F)SC12CCOc1ccccc12.CCN. The molecule has 1 spiro atoms. The zero-order valence-corrected chi connectivity index (χ0v) is 17.7. The van der Waals surface area contributed by atoms with Crippen molar-refractivity contribution in [1.82, 2.24) is 5.01 Å². The van der Waals surface area contributed by atoms with Crippen molar-refractivity contribution in [3.8, 4) is 5.75 Å². The van der Waals surface area contributed by atoms with Gasteiger partial charge in [0.2, 0.25) is 5.91 Å². The van der Waals surface area contributed by atoms with Gasteiger partial charge in [-0.2, -0.15) is 18.3 Å². The fraction of sp³-hybridized carbons (Fsp3) is 0.333. The summed E-state index contributed by atoms with van der Waals surface area (Å²) >= 11 is 1.07. The Morgan fingerprint density at radius 1 is 1.29 bits per heavy atom. The highest BCUT2D eigenvalue weighted by Gasteiger charge is 2.51. The summed E-state index contributed by atoms with van der Waals surface area (Å²) in [6, 6.07) is 9.25. The molecular formula is C21H21F4N3O2S. The molecule has 2 aromatic rings. The highest BCUT2D eigenvalue weighted by atomic mass is 32.2. The third kappa shape index (κ3) is 4.40. The molecule has 5 nitrogen and oxygen atoms in total. The number of halogens is 4. The van der Waals surface area contributed by atoms with Gasteiger partial charge in [0.25, 0.3) is 0 Å². The molecule has 4 rings (SSSR count). The first-order valence-corrected chi connectivity index (χ1v) is 10.3. The van der Waals surface area contributed by atoms with Crippen LogP contribution in [0.1, 0.15) is 37.0 Å². The molecule has 2 aliphatic heterocycles. The van der Waals surface area contributed by atoms with Crippen LogP contribution >= 0.6 is 11.8 Å². The zero-order valence-electron chi connectivity index (χ0n) is 16.9. The lowest BCUT2D eigenvalue weighted by Crippen LogP contribution is -2.43. The molecule has 2 N–H and O–H groups in total. The molecule has 0 aliphatic carbocycles. The van der Waals surface area contributed by atoms with Gasteiger partial charge < -0.3 is 10.5 Å². The van der Waals surface area contributed by atoms with Crippen molar-refractivity contribution in [3.63, 3.8) is 0 Å². The van der Waals surface area contributed by atoms with Gasteiger partial charge in [-0.1, -0.05) is 36.9 Å². The van der Waals surface area contributed by atoms with E-state index in [1.807, 2.05) is 6.92 Å². The first-order valence-electron chi connectivity index (χ1n) is 9.52. The molecule has 10 heteroatoms. The Morgan fingerprint density at radius 3 is 2.61 bits per heavy atom. The number of fused-ring (bicyclic) bond motifs is 2. The van der Waals surface area contributed by atoms with Crippen LogP contribution in [0.15, 0.2) is 47.6 Å². The van der Waals surface area contributed by atoms with Crippen LogP contribution in [0.5, 0.6) is 5.75 Å². The van der Waals surface area contributed by atoms with E-state index >= 15 is 0 Å². The largest absolute Gasteiger partial charge is 0.493 e. The van der Waals surface area contributed by atoms with Crippen LogP contribution in [0, 0.1) is 5.82 Å². The van der Waals surface area contributed by atoms with Crippen LogP contribution in [-0.2, 0) is 15.8 Å². The van der Waals surface area contributed by atoms with Gasteiger partial charge in [0, 0.05) is 24.5 Å². The smallest absolute Gasteiger partial charge is 0.416 e. The van der Waals surface area contributed by atoms with Gasteiger partial charge in [-0.3, -0.25) is 4.79 Å². The van der Waals surface area contributed by atoms with Gasteiger partial charge in [0.05, 0.1) is 12.2 Å². The highest BCUT2D eigenvalue weighted by Crippen LogP contribution is 2.54. The van der Waals surface area contributed by atoms with E-state index in [4.69, 9.17) is 10.5 Å². The Balaban J connectivity index is 0.000000858. The normalized spacial score (nSPS) is 19.8. The van der Waals surface area contributed by atoms with E-state index in [9.17, 15) is 22.4 Å². The molecule has 1 unspecified atom stereocenters. The van der Waals surface area contributed by atoms with Crippen molar-refractivity contribution >= 4 is 22.7 Å². The quantitative estimate of drug-likeness (QED) is 0.633. The Bertz CT molecular complexity index is 1010. The summed E-state index contributed by atoms with van der Waals surface area (Å²) in [6.07, 6.45) is -4.25. The second-order valence-electron chi connectivity index (χ2n) is 6.82. The summed E-state index contributed by atoms with van der Waals surface area (Å²) < 4.78 is 59.3. The second kappa shape index (κ2) is 8.88. The fourth-order valence-corrected chi connectivity index (χ4v) is 4.80. The van der Waals surface area contributed by atoms with Crippen molar-refractivity contribution < 1.29 is 27.1 Å². The summed E-state index contributed by atoms with van der Waals surface area (Å²) in [6.45, 7) is 4.26. The molecule has 31 heavy (non-hydrogen) atoms. The molecule has 0 aromatic heterocycles. The summed E-state index contributed by atoms with van der Waals surface area (Å²) in [4.78, 5) is 11.3. The maximum Gasteiger partial charge on any atom is 0.416 e. The second-order valence-corrected chi connectivity index (χ2v) is 8.08. The van der Waals surface area contributed by atoms with E-state index in [2.05, 4.69) is 5.10 Å². The Hall–Kier alpha value is -2.59. The maximum atomic E-state index is 14.4. The summed E-state index contributed by atoms with van der Waals surface area (Å²) in [5.74, 6) is -0.666. The minimum atomic E-state index is -4.62. The van der Waals surface area contributed by atoms with Crippen LogP contribution in [0.25, 0.3) is 0 Å². The number of hydrazone groups is 1. The molecule has 2 aliphatic rings. The van der Waals surface area contributed by atoms with Crippen molar-refractivity contribution in [3.05, 3.63) is 65.0 Å². The Morgan fingerprint density at radius 2 is 1.97 bits per heavy atom. The van der Waals surface area contributed by atoms with Gasteiger partial charge in [0.15, 0.2) is 0 Å². The maximum absolute atomic E-state index is 14.4. The number of nitrogens with two attached hydrogens (primary N) is 1. The summed E-state index contributed by atoms with van der Waals surface area (Å²) in [5, 5.41) is 5.46. The number of alkyl halides is 3. The van der Waals surface area contributed by atoms with Crippen LogP contribution < -0.4 is 10.5 Å². The molecule has 0 fully saturated rings. The standard InChI is InChI=1S/C19H14F4N2O2S.C2H7N/c1-11(26)25-18(8-9-27-16-5-3-2-4-14(16)18)28-17(24-25)13-10-12(19(21,22)23)6-7-15(13)20;1-2-3/h2-7,10H,8-9H2,1H3;2-3H2,1H3. The lowest BCUT2D eigenvalue weighted by molar-refractivity contribution is -0.137. The predicted octanol–water partition coefficient (Wildman–Crippen LogP) is 4.70. The van der Waals surface area contributed by atoms with Gasteiger partial charge in [0.1, 0.15) is 21.5 Å². The number of carbonyl (C=O) groups is 1. The molecule has 0 radical (unpaired) electrons. The van der Waals surface area contributed by atoms with Crippen molar-refractivity contribution in [2.75, 3.05) is 13.2 Å². The van der Waals surface area contributed by atoms with Crippen LogP contribution in [0.2, 0.25) is 0 Å². The van der Waals surface area contributed by atoms with Gasteiger partial charge in [-0.25, -0.2) is 9.40 Å². The Labute approximate surface area is 181 Å². The number of amides is 1. The molecule has 166 valence electrons. The third-order valence-electron chi connectivity index (χ3n) is 4.63. The van der Waals surface area contributed by atoms with E-state index in [1.165, 1.54) is 11.9 Å². The minimum Gasteiger partial charge on any atom is -0.493 e. The topological polar surface area (TPSA) is 67.9 Å². The number of thioether (sulfide) groups is 1. The van der Waals surface area contributed by atoms with E-state index < -0.39 is 28.3 Å². The lowest BCUT2D eigenvalue weighted by Gasteiger charge is -2.39. The molecule has 0 saturated carbocycles. The lowest BCUT2D eigenvalue weighted by atomic mass is 9.99. The van der Waals surface area contributed by atoms with Crippen LogP contribution in [-0.4, -0.2) is 29.1 Å². The minimum absolute atomic E-state index is 0.0236. The first kappa shape index (κ1) is 23.1. The number of benzene rings is 2. The number of hydrogen-bond donors (Lipinski definition) is 1. The van der Waals surface area contributed by atoms with E-state index in [-0.39, 0.29) is 10.6 Å². The van der Waals surface area contributed by atoms with E-state index in [0.29, 0.717) is 30.4 Å². The third-order valence-corrected chi connectivity index (χ3v) is 6.06. The Kier molecular flexibility index (Phi) is 6.61. The number of rotatable bonds is 1. The van der Waals surface area contributed by atoms with Gasteiger partial charge in [-0.05, 0) is 30.8 Å². The average molecular weight is 455 g/mol. The number of hydrogen-bond acceptors (Lipinski definition) is 5. The fourth-order valence-electron chi connectivity index (χ4n) is 3.37. The number of para-hydroxylation sites is 1. The van der Waals surface area contributed by atoms with Gasteiger partial charge >= 0.3 is 6.18 Å². The van der Waals surface area contributed by atoms with E-state index in [0.717, 1.165) is 30.4 Å². The molecular weight excluding hydrogens is 434 g/mol.